The number of hydrogen-bond donors (Lipinski definition) is 1. The van der Waals surface area contributed by atoms with Crippen LogP contribution in [-0.2, 0) is 4.79 Å². The zero-order valence-corrected chi connectivity index (χ0v) is 15.3. The number of rotatable bonds is 9. The van der Waals surface area contributed by atoms with Gasteiger partial charge in [0.05, 0.1) is 6.61 Å². The molecule has 25 heavy (non-hydrogen) atoms. The van der Waals surface area contributed by atoms with Crippen molar-refractivity contribution in [1.29, 1.82) is 0 Å². The van der Waals surface area contributed by atoms with Crippen LogP contribution in [0.4, 0.5) is 5.13 Å². The third kappa shape index (κ3) is 5.86. The van der Waals surface area contributed by atoms with Crippen molar-refractivity contribution < 1.29 is 14.3 Å². The molecule has 7 heteroatoms. The molecule has 1 aromatic heterocycles. The van der Waals surface area contributed by atoms with Crippen molar-refractivity contribution in [3.8, 4) is 5.75 Å². The van der Waals surface area contributed by atoms with Gasteiger partial charge in [-0.1, -0.05) is 13.3 Å². The summed E-state index contributed by atoms with van der Waals surface area (Å²) in [6, 6.07) is 7.02. The predicted octanol–water partition coefficient (Wildman–Crippen LogP) is 3.42. The van der Waals surface area contributed by atoms with Gasteiger partial charge in [-0.15, -0.1) is 11.3 Å². The molecular formula is C18H23N3O3S. The second-order valence-corrected chi connectivity index (χ2v) is 6.33. The molecule has 0 radical (unpaired) electrons. The van der Waals surface area contributed by atoms with Gasteiger partial charge in [-0.2, -0.15) is 0 Å². The third-order valence-corrected chi connectivity index (χ3v) is 4.24. The van der Waals surface area contributed by atoms with Crippen LogP contribution in [0.5, 0.6) is 5.75 Å². The van der Waals surface area contributed by atoms with E-state index in [1.165, 1.54) is 16.2 Å². The van der Waals surface area contributed by atoms with Crippen LogP contribution in [0.1, 0.15) is 37.0 Å². The van der Waals surface area contributed by atoms with Gasteiger partial charge >= 0.3 is 0 Å². The molecule has 134 valence electrons. The Morgan fingerprint density at radius 2 is 2.00 bits per heavy atom. The first-order valence-corrected chi connectivity index (χ1v) is 9.23. The molecule has 2 aromatic rings. The lowest BCUT2D eigenvalue weighted by atomic mass is 10.2. The minimum atomic E-state index is -0.260. The molecule has 2 rings (SSSR count). The topological polar surface area (TPSA) is 71.5 Å². The molecule has 0 saturated carbocycles. The molecule has 0 aliphatic carbocycles. The molecule has 1 N–H and O–H groups in total. The van der Waals surface area contributed by atoms with E-state index in [0.717, 1.165) is 18.6 Å². The average Bonchev–Trinajstić information content (AvgIpc) is 3.13. The smallest absolute Gasteiger partial charge is 0.254 e. The van der Waals surface area contributed by atoms with Crippen molar-refractivity contribution in [3.63, 3.8) is 0 Å². The number of thiazole rings is 1. The molecule has 0 fully saturated rings. The second kappa shape index (κ2) is 9.78. The van der Waals surface area contributed by atoms with Gasteiger partial charge in [-0.05, 0) is 37.6 Å². The molecule has 0 aliphatic heterocycles. The van der Waals surface area contributed by atoms with Gasteiger partial charge in [0.15, 0.2) is 5.13 Å². The van der Waals surface area contributed by atoms with Gasteiger partial charge in [0.1, 0.15) is 12.3 Å². The Hall–Kier alpha value is -2.41. The molecule has 1 heterocycles. The van der Waals surface area contributed by atoms with E-state index < -0.39 is 0 Å². The third-order valence-electron chi connectivity index (χ3n) is 3.55. The summed E-state index contributed by atoms with van der Waals surface area (Å²) in [4.78, 5) is 30.1. The highest BCUT2D eigenvalue weighted by molar-refractivity contribution is 7.13. The number of carbonyl (C=O) groups excluding carboxylic acids is 2. The standard InChI is InChI=1S/C18H23N3O3S/c1-3-5-11-24-15-8-6-14(7-9-15)17(23)21(4-2)13-16(22)20-18-19-10-12-25-18/h6-10,12H,3-5,11,13H2,1-2H3,(H,19,20,22). The Balaban J connectivity index is 1.92. The summed E-state index contributed by atoms with van der Waals surface area (Å²) in [7, 11) is 0. The maximum absolute atomic E-state index is 12.6. The first kappa shape index (κ1) is 18.9. The van der Waals surface area contributed by atoms with E-state index in [2.05, 4.69) is 17.2 Å². The van der Waals surface area contributed by atoms with Crippen LogP contribution in [0.25, 0.3) is 0 Å². The van der Waals surface area contributed by atoms with E-state index in [9.17, 15) is 9.59 Å². The Kier molecular flexibility index (Phi) is 7.40. The van der Waals surface area contributed by atoms with Crippen LogP contribution in [0.3, 0.4) is 0 Å². The average molecular weight is 361 g/mol. The lowest BCUT2D eigenvalue weighted by molar-refractivity contribution is -0.116. The Morgan fingerprint density at radius 3 is 2.60 bits per heavy atom. The van der Waals surface area contributed by atoms with Crippen molar-refractivity contribution in [3.05, 3.63) is 41.4 Å². The summed E-state index contributed by atoms with van der Waals surface area (Å²) in [5.74, 6) is 0.302. The summed E-state index contributed by atoms with van der Waals surface area (Å²) in [6.45, 7) is 5.05. The lowest BCUT2D eigenvalue weighted by Crippen LogP contribution is -2.37. The number of hydrogen-bond acceptors (Lipinski definition) is 5. The number of nitrogens with one attached hydrogen (secondary N) is 1. The molecule has 0 saturated heterocycles. The number of likely N-dealkylation sites (N-methyl/N-ethyl adjacent to an activating group) is 1. The van der Waals surface area contributed by atoms with Crippen LogP contribution in [0, 0.1) is 0 Å². The number of aromatic nitrogens is 1. The van der Waals surface area contributed by atoms with Crippen LogP contribution in [-0.4, -0.2) is 41.4 Å². The SMILES string of the molecule is CCCCOc1ccc(C(=O)N(CC)CC(=O)Nc2nccs2)cc1. The maximum Gasteiger partial charge on any atom is 0.254 e. The van der Waals surface area contributed by atoms with Crippen molar-refractivity contribution in [1.82, 2.24) is 9.88 Å². The molecular weight excluding hydrogens is 338 g/mol. The number of nitrogens with zero attached hydrogens (tertiary/aromatic N) is 2. The van der Waals surface area contributed by atoms with Crippen LogP contribution >= 0.6 is 11.3 Å². The van der Waals surface area contributed by atoms with Gasteiger partial charge in [-0.25, -0.2) is 4.98 Å². The quantitative estimate of drug-likeness (QED) is 0.695. The Bertz CT molecular complexity index is 671. The van der Waals surface area contributed by atoms with Crippen LogP contribution in [0.15, 0.2) is 35.8 Å². The highest BCUT2D eigenvalue weighted by Crippen LogP contribution is 2.15. The number of unbranched alkanes of at least 4 members (excludes halogenated alkanes) is 1. The second-order valence-electron chi connectivity index (χ2n) is 5.43. The summed E-state index contributed by atoms with van der Waals surface area (Å²) in [5.41, 5.74) is 0.534. The van der Waals surface area contributed by atoms with Gasteiger partial charge in [0.2, 0.25) is 5.91 Å². The normalized spacial score (nSPS) is 10.3. The van der Waals surface area contributed by atoms with Crippen LogP contribution < -0.4 is 10.1 Å². The number of amides is 2. The maximum atomic E-state index is 12.6. The lowest BCUT2D eigenvalue weighted by Gasteiger charge is -2.20. The summed E-state index contributed by atoms with van der Waals surface area (Å²) in [6.07, 6.45) is 3.69. The molecule has 0 unspecified atom stereocenters. The minimum absolute atomic E-state index is 0.0103. The van der Waals surface area contributed by atoms with Crippen molar-refractivity contribution in [2.45, 2.75) is 26.7 Å². The number of anilines is 1. The minimum Gasteiger partial charge on any atom is -0.494 e. The largest absolute Gasteiger partial charge is 0.494 e. The Morgan fingerprint density at radius 1 is 1.24 bits per heavy atom. The highest BCUT2D eigenvalue weighted by atomic mass is 32.1. The number of ether oxygens (including phenoxy) is 1. The fraction of sp³-hybridized carbons (Fsp3) is 0.389. The summed E-state index contributed by atoms with van der Waals surface area (Å²) in [5, 5.41) is 5.00. The molecule has 2 amide bonds. The number of benzene rings is 1. The van der Waals surface area contributed by atoms with E-state index in [1.54, 1.807) is 35.8 Å². The van der Waals surface area contributed by atoms with E-state index in [0.29, 0.717) is 23.8 Å². The van der Waals surface area contributed by atoms with E-state index >= 15 is 0 Å². The van der Waals surface area contributed by atoms with Gasteiger partial charge < -0.3 is 15.0 Å². The van der Waals surface area contributed by atoms with Crippen molar-refractivity contribution in [2.24, 2.45) is 0 Å². The predicted molar refractivity (Wildman–Crippen MR) is 99.2 cm³/mol. The van der Waals surface area contributed by atoms with E-state index in [4.69, 9.17) is 4.74 Å². The zero-order valence-electron chi connectivity index (χ0n) is 14.5. The van der Waals surface area contributed by atoms with Gasteiger partial charge in [0.25, 0.3) is 5.91 Å². The van der Waals surface area contributed by atoms with Crippen LogP contribution in [0.2, 0.25) is 0 Å². The molecule has 0 spiro atoms. The highest BCUT2D eigenvalue weighted by Gasteiger charge is 2.18. The van der Waals surface area contributed by atoms with Gasteiger partial charge in [0, 0.05) is 23.7 Å². The first-order chi connectivity index (χ1) is 12.1. The summed E-state index contributed by atoms with van der Waals surface area (Å²) < 4.78 is 5.60. The fourth-order valence-electron chi connectivity index (χ4n) is 2.16. The van der Waals surface area contributed by atoms with Crippen molar-refractivity contribution >= 4 is 28.3 Å². The molecule has 1 aromatic carbocycles. The monoisotopic (exact) mass is 361 g/mol. The fourth-order valence-corrected chi connectivity index (χ4v) is 2.70. The molecule has 0 bridgehead atoms. The van der Waals surface area contributed by atoms with Crippen molar-refractivity contribution in [2.75, 3.05) is 25.0 Å². The first-order valence-electron chi connectivity index (χ1n) is 8.35. The summed E-state index contributed by atoms with van der Waals surface area (Å²) >= 11 is 1.34. The molecule has 6 nitrogen and oxygen atoms in total. The number of carbonyl (C=O) groups is 2. The zero-order chi connectivity index (χ0) is 18.1. The van der Waals surface area contributed by atoms with E-state index in [-0.39, 0.29) is 18.4 Å². The Labute approximate surface area is 151 Å². The molecule has 0 atom stereocenters. The van der Waals surface area contributed by atoms with E-state index in [1.807, 2.05) is 6.92 Å². The molecule has 0 aliphatic rings. The van der Waals surface area contributed by atoms with Gasteiger partial charge in [-0.3, -0.25) is 9.59 Å².